The Morgan fingerprint density at radius 3 is 2.49 bits per heavy atom. The van der Waals surface area contributed by atoms with E-state index in [1.165, 1.54) is 52.6 Å². The van der Waals surface area contributed by atoms with Gasteiger partial charge >= 0.3 is 5.91 Å². The monoisotopic (exact) mass is 535 g/mol. The standard InChI is InChI=1S/C26H18ClN3O6S/c1-2-36-18-11-12-19-20(13-18)37-26(28-19)29-22(14-5-9-17(10-6-14)30(34)35)21(24(32)25(29)33)23(31)15-3-7-16(27)8-4-15/h3-13,22,31H,2H2,1H3/b23-21+/t22-/m1/s1. The van der Waals surface area contributed by atoms with Gasteiger partial charge < -0.3 is 9.84 Å². The molecule has 0 aliphatic carbocycles. The average molecular weight is 536 g/mol. The molecule has 3 aromatic carbocycles. The smallest absolute Gasteiger partial charge is 0.301 e. The number of carbonyl (C=O) groups is 2. The summed E-state index contributed by atoms with van der Waals surface area (Å²) in [6, 6.07) is 15.9. The number of aliphatic hydroxyl groups is 1. The van der Waals surface area contributed by atoms with Crippen LogP contribution in [-0.4, -0.2) is 33.3 Å². The predicted octanol–water partition coefficient (Wildman–Crippen LogP) is 5.88. The first kappa shape index (κ1) is 24.4. The number of aliphatic hydroxyl groups excluding tert-OH is 1. The van der Waals surface area contributed by atoms with E-state index in [-0.39, 0.29) is 22.2 Å². The number of rotatable bonds is 6. The van der Waals surface area contributed by atoms with Gasteiger partial charge in [0.05, 0.1) is 33.4 Å². The quantitative estimate of drug-likeness (QED) is 0.107. The molecule has 0 bridgehead atoms. The highest BCUT2D eigenvalue weighted by molar-refractivity contribution is 7.22. The molecule has 1 aromatic heterocycles. The molecule has 1 aliphatic rings. The molecule has 0 unspecified atom stereocenters. The third kappa shape index (κ3) is 4.41. The topological polar surface area (TPSA) is 123 Å². The Bertz CT molecular complexity index is 1580. The fraction of sp³-hybridized carbons (Fsp3) is 0.115. The van der Waals surface area contributed by atoms with Gasteiger partial charge in [-0.1, -0.05) is 22.9 Å². The maximum atomic E-state index is 13.4. The van der Waals surface area contributed by atoms with Crippen LogP contribution >= 0.6 is 22.9 Å². The number of hydrogen-bond acceptors (Lipinski definition) is 8. The maximum absolute atomic E-state index is 13.4. The van der Waals surface area contributed by atoms with Crippen LogP contribution < -0.4 is 9.64 Å². The van der Waals surface area contributed by atoms with E-state index in [0.29, 0.717) is 34.0 Å². The number of thiazole rings is 1. The molecule has 5 rings (SSSR count). The van der Waals surface area contributed by atoms with E-state index in [2.05, 4.69) is 4.98 Å². The Balaban J connectivity index is 1.69. The van der Waals surface area contributed by atoms with Crippen LogP contribution in [0.1, 0.15) is 24.1 Å². The van der Waals surface area contributed by atoms with E-state index in [1.807, 2.05) is 6.92 Å². The first-order valence-corrected chi connectivity index (χ1v) is 12.3. The predicted molar refractivity (Wildman–Crippen MR) is 140 cm³/mol. The highest BCUT2D eigenvalue weighted by atomic mass is 35.5. The number of halogens is 1. The molecule has 37 heavy (non-hydrogen) atoms. The molecular weight excluding hydrogens is 518 g/mol. The van der Waals surface area contributed by atoms with Crippen LogP contribution in [0.3, 0.4) is 0 Å². The zero-order valence-corrected chi connectivity index (χ0v) is 20.8. The number of non-ortho nitro benzene ring substituents is 1. The number of amides is 1. The van der Waals surface area contributed by atoms with Gasteiger partial charge in [-0.05, 0) is 67.1 Å². The number of nitro benzene ring substituents is 1. The molecule has 9 nitrogen and oxygen atoms in total. The summed E-state index contributed by atoms with van der Waals surface area (Å²) in [7, 11) is 0. The summed E-state index contributed by atoms with van der Waals surface area (Å²) in [4.78, 5) is 43.1. The number of nitro groups is 1. The van der Waals surface area contributed by atoms with Crippen molar-refractivity contribution >= 4 is 61.4 Å². The third-order valence-electron chi connectivity index (χ3n) is 5.85. The van der Waals surface area contributed by atoms with Crippen molar-refractivity contribution in [2.45, 2.75) is 13.0 Å². The number of fused-ring (bicyclic) bond motifs is 1. The number of benzene rings is 3. The second-order valence-electron chi connectivity index (χ2n) is 8.08. The summed E-state index contributed by atoms with van der Waals surface area (Å²) in [5.41, 5.74) is 0.984. The van der Waals surface area contributed by atoms with Gasteiger partial charge in [0, 0.05) is 22.7 Å². The normalized spacial score (nSPS) is 16.9. The van der Waals surface area contributed by atoms with E-state index >= 15 is 0 Å². The van der Waals surface area contributed by atoms with Gasteiger partial charge in [-0.2, -0.15) is 0 Å². The Morgan fingerprint density at radius 1 is 1.14 bits per heavy atom. The molecule has 1 saturated heterocycles. The van der Waals surface area contributed by atoms with Crippen molar-refractivity contribution < 1.29 is 24.4 Å². The second kappa shape index (κ2) is 9.64. The largest absolute Gasteiger partial charge is 0.507 e. The van der Waals surface area contributed by atoms with Gasteiger partial charge in [0.25, 0.3) is 11.5 Å². The number of Topliss-reactive ketones (excluding diaryl/α,β-unsaturated/α-hetero) is 1. The van der Waals surface area contributed by atoms with Crippen LogP contribution in [0.4, 0.5) is 10.8 Å². The molecule has 1 atom stereocenters. The van der Waals surface area contributed by atoms with Crippen molar-refractivity contribution in [1.82, 2.24) is 4.98 Å². The number of nitrogens with zero attached hydrogens (tertiary/aromatic N) is 3. The maximum Gasteiger partial charge on any atom is 0.301 e. The summed E-state index contributed by atoms with van der Waals surface area (Å²) in [6.07, 6.45) is 0. The SMILES string of the molecule is CCOc1ccc2nc(N3C(=O)C(=O)/C(=C(/O)c4ccc(Cl)cc4)[C@H]3c3ccc([N+](=O)[O-])cc3)sc2c1. The Hall–Kier alpha value is -4.28. The Morgan fingerprint density at radius 2 is 1.84 bits per heavy atom. The first-order valence-electron chi connectivity index (χ1n) is 11.1. The van der Waals surface area contributed by atoms with Gasteiger partial charge in [0.1, 0.15) is 11.5 Å². The van der Waals surface area contributed by atoms with Crippen molar-refractivity contribution in [2.75, 3.05) is 11.5 Å². The zero-order chi connectivity index (χ0) is 26.3. The summed E-state index contributed by atoms with van der Waals surface area (Å²) < 4.78 is 6.29. The van der Waals surface area contributed by atoms with Crippen LogP contribution in [0, 0.1) is 10.1 Å². The Kier molecular flexibility index (Phi) is 6.36. The van der Waals surface area contributed by atoms with E-state index in [1.54, 1.807) is 30.3 Å². The van der Waals surface area contributed by atoms with E-state index < -0.39 is 22.7 Å². The van der Waals surface area contributed by atoms with Crippen LogP contribution in [0.15, 0.2) is 72.3 Å². The van der Waals surface area contributed by atoms with Crippen LogP contribution in [0.25, 0.3) is 16.0 Å². The van der Waals surface area contributed by atoms with Gasteiger partial charge in [0.15, 0.2) is 5.13 Å². The summed E-state index contributed by atoms with van der Waals surface area (Å²) in [6.45, 7) is 2.35. The molecule has 186 valence electrons. The summed E-state index contributed by atoms with van der Waals surface area (Å²) in [5, 5.41) is 23.0. The molecule has 4 aromatic rings. The molecule has 1 N–H and O–H groups in total. The number of ketones is 1. The molecule has 1 fully saturated rings. The second-order valence-corrected chi connectivity index (χ2v) is 9.53. The minimum absolute atomic E-state index is 0.151. The molecule has 1 aliphatic heterocycles. The lowest BCUT2D eigenvalue weighted by atomic mass is 9.95. The number of aromatic nitrogens is 1. The highest BCUT2D eigenvalue weighted by Gasteiger charge is 2.48. The van der Waals surface area contributed by atoms with E-state index in [0.717, 1.165) is 4.70 Å². The van der Waals surface area contributed by atoms with Gasteiger partial charge in [0.2, 0.25) is 0 Å². The fourth-order valence-electron chi connectivity index (χ4n) is 4.14. The lowest BCUT2D eigenvalue weighted by molar-refractivity contribution is -0.384. The number of ether oxygens (including phenoxy) is 1. The van der Waals surface area contributed by atoms with Gasteiger partial charge in [-0.3, -0.25) is 24.6 Å². The third-order valence-corrected chi connectivity index (χ3v) is 7.12. The van der Waals surface area contributed by atoms with E-state index in [9.17, 15) is 24.8 Å². The fourth-order valence-corrected chi connectivity index (χ4v) is 5.29. The lowest BCUT2D eigenvalue weighted by Gasteiger charge is -2.22. The van der Waals surface area contributed by atoms with Crippen LogP contribution in [0.2, 0.25) is 5.02 Å². The van der Waals surface area contributed by atoms with E-state index in [4.69, 9.17) is 16.3 Å². The average Bonchev–Trinajstić information content (AvgIpc) is 3.42. The molecule has 2 heterocycles. The van der Waals surface area contributed by atoms with Crippen molar-refractivity contribution in [2.24, 2.45) is 0 Å². The minimum Gasteiger partial charge on any atom is -0.507 e. The minimum atomic E-state index is -1.07. The van der Waals surface area contributed by atoms with Crippen LogP contribution in [0.5, 0.6) is 5.75 Å². The first-order chi connectivity index (χ1) is 17.8. The molecule has 1 amide bonds. The molecular formula is C26H18ClN3O6S. The van der Waals surface area contributed by atoms with Crippen molar-refractivity contribution in [3.05, 3.63) is 98.6 Å². The highest BCUT2D eigenvalue weighted by Crippen LogP contribution is 2.45. The number of anilines is 1. The van der Waals surface area contributed by atoms with Gasteiger partial charge in [-0.15, -0.1) is 0 Å². The summed E-state index contributed by atoms with van der Waals surface area (Å²) >= 11 is 7.16. The van der Waals surface area contributed by atoms with Crippen molar-refractivity contribution in [3.63, 3.8) is 0 Å². The lowest BCUT2D eigenvalue weighted by Crippen LogP contribution is -2.29. The van der Waals surface area contributed by atoms with Crippen molar-refractivity contribution in [3.8, 4) is 5.75 Å². The van der Waals surface area contributed by atoms with Gasteiger partial charge in [-0.25, -0.2) is 4.98 Å². The Labute approximate surface area is 219 Å². The summed E-state index contributed by atoms with van der Waals surface area (Å²) in [5.74, 6) is -1.52. The number of hydrogen-bond donors (Lipinski definition) is 1. The van der Waals surface area contributed by atoms with Crippen molar-refractivity contribution in [1.29, 1.82) is 0 Å². The molecule has 0 saturated carbocycles. The molecule has 11 heteroatoms. The zero-order valence-electron chi connectivity index (χ0n) is 19.3. The number of carbonyl (C=O) groups excluding carboxylic acids is 2. The molecule has 0 radical (unpaired) electrons. The van der Waals surface area contributed by atoms with Crippen LogP contribution in [-0.2, 0) is 9.59 Å². The molecule has 0 spiro atoms.